The Morgan fingerprint density at radius 3 is 1.36 bits per heavy atom. The topological polar surface area (TPSA) is 9.23 Å². The lowest BCUT2D eigenvalue weighted by atomic mass is 10.3. The zero-order chi connectivity index (χ0) is 18.0. The maximum atomic E-state index is 13.7. The van der Waals surface area contributed by atoms with Gasteiger partial charge in [-0.3, -0.25) is 0 Å². The summed E-state index contributed by atoms with van der Waals surface area (Å²) >= 11 is 0. The van der Waals surface area contributed by atoms with Crippen LogP contribution < -0.4 is 4.74 Å². The summed E-state index contributed by atoms with van der Waals surface area (Å²) < 4.78 is 59.9. The van der Waals surface area contributed by atoms with Crippen LogP contribution in [0.4, 0.5) is 17.6 Å². The Morgan fingerprint density at radius 1 is 0.600 bits per heavy atom. The summed E-state index contributed by atoms with van der Waals surface area (Å²) in [6.45, 7) is 0. The number of rotatable bonds is 4. The van der Waals surface area contributed by atoms with Gasteiger partial charge in [0.05, 0.1) is 18.0 Å². The third kappa shape index (κ3) is 3.96. The molecule has 0 spiro atoms. The molecule has 0 aliphatic rings. The highest BCUT2D eigenvalue weighted by Crippen LogP contribution is 2.33. The van der Waals surface area contributed by atoms with Crippen LogP contribution in [-0.2, 0) is 10.9 Å². The van der Waals surface area contributed by atoms with Crippen molar-refractivity contribution in [3.63, 3.8) is 0 Å². The Hall–Kier alpha value is -2.47. The van der Waals surface area contributed by atoms with Gasteiger partial charge in [-0.05, 0) is 24.3 Å². The van der Waals surface area contributed by atoms with Crippen molar-refractivity contribution in [2.24, 2.45) is 0 Å². The molecule has 6 heteroatoms. The minimum absolute atomic E-state index is 0.285. The van der Waals surface area contributed by atoms with E-state index in [-0.39, 0.29) is 9.79 Å². The second-order valence-corrected chi connectivity index (χ2v) is 7.22. The molecule has 0 saturated heterocycles. The molecule has 0 heterocycles. The van der Waals surface area contributed by atoms with Crippen LogP contribution in [0.15, 0.2) is 75.4 Å². The molecule has 0 unspecified atom stereocenters. The van der Waals surface area contributed by atoms with E-state index in [4.69, 9.17) is 4.74 Å². The van der Waals surface area contributed by atoms with E-state index in [1.165, 1.54) is 31.4 Å². The quantitative estimate of drug-likeness (QED) is 0.448. The van der Waals surface area contributed by atoms with Gasteiger partial charge in [0, 0.05) is 36.4 Å². The van der Waals surface area contributed by atoms with Gasteiger partial charge in [0.15, 0.2) is 14.7 Å². The average molecular weight is 365 g/mol. The SMILES string of the molecule is COc1ccc([S+](c2cc(F)cc(F)c2)c2cc(F)cc(F)c2)cc1. The number of methoxy groups -OCH3 is 1. The van der Waals surface area contributed by atoms with Crippen molar-refractivity contribution >= 4 is 10.9 Å². The van der Waals surface area contributed by atoms with Crippen LogP contribution in [0.5, 0.6) is 5.75 Å². The Kier molecular flexibility index (Phi) is 4.99. The van der Waals surface area contributed by atoms with Gasteiger partial charge >= 0.3 is 0 Å². The van der Waals surface area contributed by atoms with Crippen LogP contribution >= 0.6 is 0 Å². The predicted molar refractivity (Wildman–Crippen MR) is 87.9 cm³/mol. The number of hydrogen-bond donors (Lipinski definition) is 0. The molecule has 1 nitrogen and oxygen atoms in total. The van der Waals surface area contributed by atoms with Gasteiger partial charge in [0.1, 0.15) is 29.0 Å². The Balaban J connectivity index is 2.19. The molecule has 0 amide bonds. The van der Waals surface area contributed by atoms with E-state index < -0.39 is 34.2 Å². The average Bonchev–Trinajstić information content (AvgIpc) is 2.54. The molecule has 0 atom stereocenters. The van der Waals surface area contributed by atoms with E-state index in [9.17, 15) is 17.6 Å². The first-order valence-electron chi connectivity index (χ1n) is 7.27. The van der Waals surface area contributed by atoms with Gasteiger partial charge in [-0.15, -0.1) is 0 Å². The molecule has 3 aromatic carbocycles. The molecule has 0 radical (unpaired) electrons. The zero-order valence-corrected chi connectivity index (χ0v) is 13.9. The van der Waals surface area contributed by atoms with Crippen molar-refractivity contribution < 1.29 is 22.3 Å². The highest BCUT2D eigenvalue weighted by Gasteiger charge is 2.31. The molecule has 3 aromatic rings. The number of hydrogen-bond acceptors (Lipinski definition) is 1. The molecule has 25 heavy (non-hydrogen) atoms. The van der Waals surface area contributed by atoms with Crippen molar-refractivity contribution in [3.8, 4) is 5.75 Å². The van der Waals surface area contributed by atoms with E-state index in [0.717, 1.165) is 12.1 Å². The maximum Gasteiger partial charge on any atom is 0.172 e. The third-order valence-electron chi connectivity index (χ3n) is 3.44. The molecule has 128 valence electrons. The molecule has 3 rings (SSSR count). The minimum atomic E-state index is -1.08. The van der Waals surface area contributed by atoms with Crippen LogP contribution in [0.25, 0.3) is 0 Å². The van der Waals surface area contributed by atoms with Gasteiger partial charge < -0.3 is 4.74 Å². The normalized spacial score (nSPS) is 11.0. The van der Waals surface area contributed by atoms with Crippen molar-refractivity contribution in [1.82, 2.24) is 0 Å². The van der Waals surface area contributed by atoms with Gasteiger partial charge in [-0.1, -0.05) is 0 Å². The summed E-state index contributed by atoms with van der Waals surface area (Å²) in [6.07, 6.45) is 0. The summed E-state index contributed by atoms with van der Waals surface area (Å²) in [7, 11) is 0.431. The summed E-state index contributed by atoms with van der Waals surface area (Å²) in [4.78, 5) is 1.22. The monoisotopic (exact) mass is 365 g/mol. The van der Waals surface area contributed by atoms with E-state index in [2.05, 4.69) is 0 Å². The van der Waals surface area contributed by atoms with Gasteiger partial charge in [0.2, 0.25) is 0 Å². The molecule has 0 aliphatic carbocycles. The van der Waals surface area contributed by atoms with Crippen LogP contribution in [0.1, 0.15) is 0 Å². The van der Waals surface area contributed by atoms with Crippen LogP contribution in [0, 0.1) is 23.3 Å². The predicted octanol–water partition coefficient (Wildman–Crippen LogP) is 5.35. The second kappa shape index (κ2) is 7.19. The summed E-state index contributed by atoms with van der Waals surface area (Å²) in [5.74, 6) is -2.41. The molecule has 0 bridgehead atoms. The van der Waals surface area contributed by atoms with Gasteiger partial charge in [-0.2, -0.15) is 0 Å². The number of halogens is 4. The first kappa shape index (κ1) is 17.4. The lowest BCUT2D eigenvalue weighted by molar-refractivity contribution is 0.414. The summed E-state index contributed by atoms with van der Waals surface area (Å²) in [5, 5.41) is 0. The molecule has 0 aromatic heterocycles. The Morgan fingerprint density at radius 2 is 1.00 bits per heavy atom. The Labute approximate surface area is 145 Å². The van der Waals surface area contributed by atoms with Crippen molar-refractivity contribution in [1.29, 1.82) is 0 Å². The summed E-state index contributed by atoms with van der Waals surface area (Å²) in [6, 6.07) is 12.9. The second-order valence-electron chi connectivity index (χ2n) is 5.19. The highest BCUT2D eigenvalue weighted by atomic mass is 32.2. The molecular formula is C19H13F4OS+. The lowest BCUT2D eigenvalue weighted by Gasteiger charge is -2.09. The largest absolute Gasteiger partial charge is 0.497 e. The van der Waals surface area contributed by atoms with Crippen molar-refractivity contribution in [2.45, 2.75) is 14.7 Å². The number of benzene rings is 3. The van der Waals surface area contributed by atoms with E-state index >= 15 is 0 Å². The molecule has 0 N–H and O–H groups in total. The fraction of sp³-hybridized carbons (Fsp3) is 0.0526. The molecule has 0 saturated carbocycles. The fourth-order valence-corrected chi connectivity index (χ4v) is 4.56. The smallest absolute Gasteiger partial charge is 0.172 e. The lowest BCUT2D eigenvalue weighted by Crippen LogP contribution is -2.07. The van der Waals surface area contributed by atoms with Gasteiger partial charge in [0.25, 0.3) is 0 Å². The van der Waals surface area contributed by atoms with Gasteiger partial charge in [-0.25, -0.2) is 17.6 Å². The van der Waals surface area contributed by atoms with E-state index in [1.54, 1.807) is 24.3 Å². The first-order valence-corrected chi connectivity index (χ1v) is 8.49. The van der Waals surface area contributed by atoms with Crippen LogP contribution in [0.2, 0.25) is 0 Å². The first-order chi connectivity index (χ1) is 12.0. The third-order valence-corrected chi connectivity index (χ3v) is 5.60. The van der Waals surface area contributed by atoms with E-state index in [1.807, 2.05) is 0 Å². The fourth-order valence-electron chi connectivity index (χ4n) is 2.41. The zero-order valence-electron chi connectivity index (χ0n) is 13.1. The molecule has 0 aliphatic heterocycles. The number of ether oxygens (including phenoxy) is 1. The van der Waals surface area contributed by atoms with Crippen LogP contribution in [-0.4, -0.2) is 7.11 Å². The van der Waals surface area contributed by atoms with E-state index in [0.29, 0.717) is 10.6 Å². The molecule has 0 fully saturated rings. The van der Waals surface area contributed by atoms with Crippen LogP contribution in [0.3, 0.4) is 0 Å². The standard InChI is InChI=1S/C19H13F4OS/c1-24-16-2-4-17(5-3-16)25(18-8-12(20)6-13(21)9-18)19-10-14(22)7-15(23)11-19/h2-11H,1H3/q+1. The maximum absolute atomic E-state index is 13.7. The molecular weight excluding hydrogens is 352 g/mol. The Bertz CT molecular complexity index is 804. The summed E-state index contributed by atoms with van der Waals surface area (Å²) in [5.41, 5.74) is 0. The van der Waals surface area contributed by atoms with Crippen molar-refractivity contribution in [2.75, 3.05) is 7.11 Å². The van der Waals surface area contributed by atoms with Crippen molar-refractivity contribution in [3.05, 3.63) is 83.9 Å². The highest BCUT2D eigenvalue weighted by molar-refractivity contribution is 7.97. The minimum Gasteiger partial charge on any atom is -0.497 e.